The van der Waals surface area contributed by atoms with Crippen molar-refractivity contribution in [2.75, 3.05) is 13.1 Å². The third kappa shape index (κ3) is 2.29. The fraction of sp³-hybridized carbons (Fsp3) is 0.273. The molecule has 1 aromatic heterocycles. The molecule has 1 amide bonds. The van der Waals surface area contributed by atoms with Gasteiger partial charge in [0.2, 0.25) is 0 Å². The monoisotopic (exact) mass is 343 g/mol. The smallest absolute Gasteiger partial charge is 0.253 e. The molecule has 0 radical (unpaired) electrons. The summed E-state index contributed by atoms with van der Waals surface area (Å²) >= 11 is 0. The predicted molar refractivity (Wildman–Crippen MR) is 103 cm³/mol. The number of hydrogen-bond donors (Lipinski definition) is 1. The Morgan fingerprint density at radius 3 is 2.81 bits per heavy atom. The Kier molecular flexibility index (Phi) is 3.29. The van der Waals surface area contributed by atoms with E-state index in [1.165, 1.54) is 11.1 Å². The molecule has 2 heterocycles. The molecule has 1 aliphatic carbocycles. The lowest BCUT2D eigenvalue weighted by molar-refractivity contribution is 0.0690. The molecule has 0 bridgehead atoms. The summed E-state index contributed by atoms with van der Waals surface area (Å²) in [6.45, 7) is 3.51. The summed E-state index contributed by atoms with van der Waals surface area (Å²) in [6, 6.07) is 14.4. The van der Waals surface area contributed by atoms with Crippen molar-refractivity contribution in [3.05, 3.63) is 71.1 Å². The van der Waals surface area contributed by atoms with Gasteiger partial charge in [0.15, 0.2) is 0 Å². The highest BCUT2D eigenvalue weighted by Crippen LogP contribution is 2.43. The maximum absolute atomic E-state index is 13.0. The van der Waals surface area contributed by atoms with Crippen LogP contribution in [0.1, 0.15) is 40.2 Å². The molecule has 2 aliphatic rings. The number of amides is 1. The molecule has 1 aliphatic heterocycles. The lowest BCUT2D eigenvalue weighted by Gasteiger charge is -2.39. The minimum Gasteiger partial charge on any atom is -0.342 e. The third-order valence-corrected chi connectivity index (χ3v) is 5.87. The van der Waals surface area contributed by atoms with E-state index in [9.17, 15) is 4.79 Å². The first-order chi connectivity index (χ1) is 12.6. The van der Waals surface area contributed by atoms with E-state index in [-0.39, 0.29) is 11.3 Å². The number of H-pyrrole nitrogens is 1. The normalized spacial score (nSPS) is 17.8. The highest BCUT2D eigenvalue weighted by Gasteiger charge is 2.38. The third-order valence-electron chi connectivity index (χ3n) is 5.87. The van der Waals surface area contributed by atoms with Gasteiger partial charge in [-0.1, -0.05) is 36.4 Å². The standard InChI is InChI=1S/C22H21N3O/c1-15-23-19-7-6-17(14-20(19)24-15)21(26)25-12-10-22(11-13-25)9-8-16-4-2-3-5-18(16)22/h2-9,14H,10-13H2,1H3,(H,23,24). The Balaban J connectivity index is 1.36. The zero-order valence-electron chi connectivity index (χ0n) is 14.8. The minimum atomic E-state index is 0.109. The first kappa shape index (κ1) is 15.4. The number of rotatable bonds is 1. The van der Waals surface area contributed by atoms with Crippen LogP contribution in [0.3, 0.4) is 0 Å². The minimum absolute atomic E-state index is 0.109. The first-order valence-electron chi connectivity index (χ1n) is 9.19. The number of benzene rings is 2. The second kappa shape index (κ2) is 5.56. The quantitative estimate of drug-likeness (QED) is 0.724. The average Bonchev–Trinajstić information content (AvgIpc) is 3.22. The van der Waals surface area contributed by atoms with Crippen LogP contribution in [-0.2, 0) is 5.41 Å². The molecule has 1 fully saturated rings. The number of aromatic nitrogens is 2. The fourth-order valence-corrected chi connectivity index (χ4v) is 4.43. The summed E-state index contributed by atoms with van der Waals surface area (Å²) < 4.78 is 0. The number of allylic oxidation sites excluding steroid dienone is 1. The lowest BCUT2D eigenvalue weighted by Crippen LogP contribution is -2.44. The molecule has 1 saturated heterocycles. The molecule has 0 saturated carbocycles. The van der Waals surface area contributed by atoms with Gasteiger partial charge in [-0.15, -0.1) is 0 Å². The summed E-state index contributed by atoms with van der Waals surface area (Å²) in [4.78, 5) is 22.6. The van der Waals surface area contributed by atoms with Gasteiger partial charge < -0.3 is 9.88 Å². The first-order valence-corrected chi connectivity index (χ1v) is 9.19. The predicted octanol–water partition coefficient (Wildman–Crippen LogP) is 4.07. The van der Waals surface area contributed by atoms with E-state index < -0.39 is 0 Å². The number of nitrogens with one attached hydrogen (secondary N) is 1. The van der Waals surface area contributed by atoms with E-state index in [1.54, 1.807) is 0 Å². The Hall–Kier alpha value is -2.88. The van der Waals surface area contributed by atoms with Gasteiger partial charge in [0.05, 0.1) is 11.0 Å². The van der Waals surface area contributed by atoms with E-state index >= 15 is 0 Å². The van der Waals surface area contributed by atoms with Crippen LogP contribution in [0.5, 0.6) is 0 Å². The van der Waals surface area contributed by atoms with Crippen LogP contribution in [0.2, 0.25) is 0 Å². The molecule has 1 N–H and O–H groups in total. The zero-order chi connectivity index (χ0) is 17.7. The molecule has 130 valence electrons. The van der Waals surface area contributed by atoms with Crippen molar-refractivity contribution in [1.82, 2.24) is 14.9 Å². The number of imidazole rings is 1. The number of aryl methyl sites for hydroxylation is 1. The van der Waals surface area contributed by atoms with Gasteiger partial charge >= 0.3 is 0 Å². The zero-order valence-corrected chi connectivity index (χ0v) is 14.8. The second-order valence-electron chi connectivity index (χ2n) is 7.42. The molecule has 4 heteroatoms. The SMILES string of the molecule is Cc1nc2ccc(C(=O)N3CCC4(C=Cc5ccccc54)CC3)cc2[nH]1. The van der Waals surface area contributed by atoms with Gasteiger partial charge in [-0.3, -0.25) is 4.79 Å². The number of likely N-dealkylation sites (tertiary alicyclic amines) is 1. The number of carbonyl (C=O) groups is 1. The molecular formula is C22H21N3O. The topological polar surface area (TPSA) is 49.0 Å². The van der Waals surface area contributed by atoms with Crippen molar-refractivity contribution in [2.45, 2.75) is 25.2 Å². The van der Waals surface area contributed by atoms with Gasteiger partial charge in [-0.25, -0.2) is 4.98 Å². The van der Waals surface area contributed by atoms with Gasteiger partial charge in [0, 0.05) is 24.1 Å². The Morgan fingerprint density at radius 1 is 1.15 bits per heavy atom. The summed E-state index contributed by atoms with van der Waals surface area (Å²) in [5.74, 6) is 0.987. The Labute approximate surface area is 152 Å². The highest BCUT2D eigenvalue weighted by molar-refractivity contribution is 5.97. The number of fused-ring (bicyclic) bond motifs is 3. The average molecular weight is 343 g/mol. The van der Waals surface area contributed by atoms with Crippen LogP contribution < -0.4 is 0 Å². The van der Waals surface area contributed by atoms with Crippen molar-refractivity contribution in [3.8, 4) is 0 Å². The fourth-order valence-electron chi connectivity index (χ4n) is 4.43. The number of aromatic amines is 1. The van der Waals surface area contributed by atoms with Gasteiger partial charge in [-0.05, 0) is 49.1 Å². The molecule has 2 aromatic carbocycles. The largest absolute Gasteiger partial charge is 0.342 e. The van der Waals surface area contributed by atoms with Crippen LogP contribution >= 0.6 is 0 Å². The summed E-state index contributed by atoms with van der Waals surface area (Å²) in [7, 11) is 0. The van der Waals surface area contributed by atoms with E-state index in [0.29, 0.717) is 0 Å². The van der Waals surface area contributed by atoms with Crippen molar-refractivity contribution in [1.29, 1.82) is 0 Å². The Bertz CT molecular complexity index is 1040. The van der Waals surface area contributed by atoms with Gasteiger partial charge in [0.25, 0.3) is 5.91 Å². The molecule has 0 unspecified atom stereocenters. The second-order valence-corrected chi connectivity index (χ2v) is 7.42. The number of hydrogen-bond acceptors (Lipinski definition) is 2. The van der Waals surface area contributed by atoms with Crippen molar-refractivity contribution < 1.29 is 4.79 Å². The van der Waals surface area contributed by atoms with E-state index in [0.717, 1.165) is 48.4 Å². The molecule has 4 nitrogen and oxygen atoms in total. The van der Waals surface area contributed by atoms with Crippen LogP contribution in [0.4, 0.5) is 0 Å². The maximum Gasteiger partial charge on any atom is 0.253 e. The van der Waals surface area contributed by atoms with Crippen LogP contribution in [0.15, 0.2) is 48.5 Å². The Morgan fingerprint density at radius 2 is 1.96 bits per heavy atom. The van der Waals surface area contributed by atoms with Crippen molar-refractivity contribution >= 4 is 23.0 Å². The molecule has 0 atom stereocenters. The number of piperidine rings is 1. The van der Waals surface area contributed by atoms with Crippen LogP contribution in [-0.4, -0.2) is 33.9 Å². The van der Waals surface area contributed by atoms with Gasteiger partial charge in [-0.2, -0.15) is 0 Å². The molecule has 1 spiro atoms. The highest BCUT2D eigenvalue weighted by atomic mass is 16.2. The van der Waals surface area contributed by atoms with Gasteiger partial charge in [0.1, 0.15) is 5.82 Å². The van der Waals surface area contributed by atoms with Crippen molar-refractivity contribution in [2.24, 2.45) is 0 Å². The summed E-state index contributed by atoms with van der Waals surface area (Å²) in [6.07, 6.45) is 6.55. The summed E-state index contributed by atoms with van der Waals surface area (Å²) in [5.41, 5.74) is 5.42. The summed E-state index contributed by atoms with van der Waals surface area (Å²) in [5, 5.41) is 0. The van der Waals surface area contributed by atoms with Crippen molar-refractivity contribution in [3.63, 3.8) is 0 Å². The van der Waals surface area contributed by atoms with Crippen LogP contribution in [0.25, 0.3) is 17.1 Å². The number of nitrogens with zero attached hydrogens (tertiary/aromatic N) is 2. The van der Waals surface area contributed by atoms with E-state index in [2.05, 4.69) is 46.4 Å². The van der Waals surface area contributed by atoms with E-state index in [4.69, 9.17) is 0 Å². The molecule has 5 rings (SSSR count). The molecule has 3 aromatic rings. The molecule has 26 heavy (non-hydrogen) atoms. The maximum atomic E-state index is 13.0. The van der Waals surface area contributed by atoms with E-state index in [1.807, 2.05) is 30.0 Å². The van der Waals surface area contributed by atoms with Crippen LogP contribution in [0, 0.1) is 6.92 Å². The lowest BCUT2D eigenvalue weighted by atomic mass is 9.74. The molecular weight excluding hydrogens is 322 g/mol. The number of carbonyl (C=O) groups excluding carboxylic acids is 1.